The molecule has 1 fully saturated rings. The summed E-state index contributed by atoms with van der Waals surface area (Å²) in [4.78, 5) is 25.3. The Morgan fingerprint density at radius 2 is 2.30 bits per heavy atom. The Bertz CT molecular complexity index is 406. The van der Waals surface area contributed by atoms with Crippen LogP contribution >= 0.6 is 0 Å². The minimum absolute atomic E-state index is 0.0146. The molecule has 20 heavy (non-hydrogen) atoms. The zero-order chi connectivity index (χ0) is 14.5. The van der Waals surface area contributed by atoms with Crippen LogP contribution in [-0.4, -0.2) is 48.1 Å². The number of carbonyl (C=O) groups is 2. The molecule has 6 nitrogen and oxygen atoms in total. The van der Waals surface area contributed by atoms with E-state index in [1.54, 1.807) is 0 Å². The van der Waals surface area contributed by atoms with E-state index in [2.05, 4.69) is 29.7 Å². The molecule has 0 aliphatic carbocycles. The fourth-order valence-electron chi connectivity index (χ4n) is 2.63. The highest BCUT2D eigenvalue weighted by molar-refractivity contribution is 6.39. The molecule has 0 bridgehead atoms. The van der Waals surface area contributed by atoms with E-state index in [9.17, 15) is 9.59 Å². The number of piperidine rings is 1. The highest BCUT2D eigenvalue weighted by atomic mass is 16.2. The summed E-state index contributed by atoms with van der Waals surface area (Å²) in [6.07, 6.45) is 3.01. The Morgan fingerprint density at radius 1 is 1.50 bits per heavy atom. The molecule has 2 N–H and O–H groups in total. The summed E-state index contributed by atoms with van der Waals surface area (Å²) in [6, 6.07) is 0.471. The van der Waals surface area contributed by atoms with E-state index >= 15 is 0 Å². The summed E-state index contributed by atoms with van der Waals surface area (Å²) in [5.74, 6) is 0.382. The number of likely N-dealkylation sites (tertiary alicyclic amines) is 1. The van der Waals surface area contributed by atoms with E-state index < -0.39 is 0 Å². The molecule has 6 heteroatoms. The van der Waals surface area contributed by atoms with E-state index in [1.165, 1.54) is 0 Å². The minimum Gasteiger partial charge on any atom is -0.337 e. The molecule has 0 aromatic carbocycles. The molecule has 2 aliphatic rings. The molecule has 112 valence electrons. The maximum atomic E-state index is 12.4. The first-order valence-corrected chi connectivity index (χ1v) is 7.44. The number of nitrogens with zero attached hydrogens (tertiary/aromatic N) is 2. The third kappa shape index (κ3) is 4.03. The third-order valence-corrected chi connectivity index (χ3v) is 3.77. The van der Waals surface area contributed by atoms with Gasteiger partial charge in [0.15, 0.2) is 0 Å². The van der Waals surface area contributed by atoms with Gasteiger partial charge in [-0.2, -0.15) is 5.10 Å². The van der Waals surface area contributed by atoms with Gasteiger partial charge >= 0.3 is 0 Å². The normalized spacial score (nSPS) is 23.6. The number of hydrogen-bond acceptors (Lipinski definition) is 4. The van der Waals surface area contributed by atoms with Gasteiger partial charge in [0.2, 0.25) is 5.91 Å². The van der Waals surface area contributed by atoms with E-state index in [-0.39, 0.29) is 11.8 Å². The van der Waals surface area contributed by atoms with Crippen molar-refractivity contribution >= 4 is 17.5 Å². The Labute approximate surface area is 120 Å². The summed E-state index contributed by atoms with van der Waals surface area (Å²) in [5.41, 5.74) is 2.88. The Morgan fingerprint density at radius 3 is 2.95 bits per heavy atom. The average Bonchev–Trinajstić information content (AvgIpc) is 2.45. The number of carbonyl (C=O) groups excluding carboxylic acids is 2. The van der Waals surface area contributed by atoms with Crippen molar-refractivity contribution in [2.45, 2.75) is 45.6 Å². The molecule has 1 unspecified atom stereocenters. The van der Waals surface area contributed by atoms with Crippen molar-refractivity contribution in [1.82, 2.24) is 15.6 Å². The van der Waals surface area contributed by atoms with Crippen LogP contribution in [0.2, 0.25) is 0 Å². The molecule has 0 aromatic heterocycles. The van der Waals surface area contributed by atoms with Crippen molar-refractivity contribution in [3.05, 3.63) is 0 Å². The lowest BCUT2D eigenvalue weighted by atomic mass is 9.97. The minimum atomic E-state index is -0.112. The van der Waals surface area contributed by atoms with Crippen LogP contribution in [-0.2, 0) is 9.59 Å². The highest BCUT2D eigenvalue weighted by Gasteiger charge is 2.28. The first kappa shape index (κ1) is 15.0. The topological polar surface area (TPSA) is 73.8 Å². The molecule has 0 spiro atoms. The monoisotopic (exact) mass is 280 g/mol. The van der Waals surface area contributed by atoms with Crippen molar-refractivity contribution in [2.75, 3.05) is 19.6 Å². The lowest BCUT2D eigenvalue weighted by molar-refractivity contribution is -0.126. The van der Waals surface area contributed by atoms with Crippen molar-refractivity contribution in [1.29, 1.82) is 0 Å². The van der Waals surface area contributed by atoms with Crippen LogP contribution in [0.25, 0.3) is 0 Å². The van der Waals surface area contributed by atoms with Crippen LogP contribution < -0.4 is 10.7 Å². The van der Waals surface area contributed by atoms with Crippen LogP contribution in [0.3, 0.4) is 0 Å². The molecular formula is C14H24N4O2. The number of hydrazone groups is 1. The summed E-state index contributed by atoms with van der Waals surface area (Å²) in [7, 11) is 0. The van der Waals surface area contributed by atoms with Gasteiger partial charge in [-0.3, -0.25) is 9.59 Å². The molecule has 2 rings (SSSR count). The summed E-state index contributed by atoms with van der Waals surface area (Å²) >= 11 is 0. The number of amides is 2. The molecule has 1 saturated heterocycles. The van der Waals surface area contributed by atoms with Crippen molar-refractivity contribution in [2.24, 2.45) is 11.0 Å². The number of hydrogen-bond donors (Lipinski definition) is 2. The smallest absolute Gasteiger partial charge is 0.270 e. The summed E-state index contributed by atoms with van der Waals surface area (Å²) in [5, 5.41) is 7.33. The maximum Gasteiger partial charge on any atom is 0.270 e. The van der Waals surface area contributed by atoms with Gasteiger partial charge in [-0.15, -0.1) is 0 Å². The van der Waals surface area contributed by atoms with Crippen LogP contribution in [0.4, 0.5) is 0 Å². The maximum absolute atomic E-state index is 12.4. The van der Waals surface area contributed by atoms with Crippen molar-refractivity contribution < 1.29 is 9.59 Å². The van der Waals surface area contributed by atoms with E-state index in [0.29, 0.717) is 30.5 Å². The van der Waals surface area contributed by atoms with E-state index in [4.69, 9.17) is 0 Å². The van der Waals surface area contributed by atoms with Crippen LogP contribution in [0.5, 0.6) is 0 Å². The van der Waals surface area contributed by atoms with Gasteiger partial charge in [-0.05, 0) is 25.3 Å². The van der Waals surface area contributed by atoms with Gasteiger partial charge in [-0.25, -0.2) is 5.43 Å². The SMILES string of the molecule is CC(C)NCC1CCCN(C(=O)C2=NNC(=O)CC2)C1. The van der Waals surface area contributed by atoms with E-state index in [0.717, 1.165) is 32.5 Å². The highest BCUT2D eigenvalue weighted by Crippen LogP contribution is 2.17. The molecule has 0 saturated carbocycles. The molecule has 0 radical (unpaired) electrons. The molecular weight excluding hydrogens is 256 g/mol. The van der Waals surface area contributed by atoms with Gasteiger partial charge < -0.3 is 10.2 Å². The first-order chi connectivity index (χ1) is 9.56. The second-order valence-electron chi connectivity index (χ2n) is 5.92. The van der Waals surface area contributed by atoms with Crippen LogP contribution in [0.1, 0.15) is 39.5 Å². The second kappa shape index (κ2) is 6.83. The van der Waals surface area contributed by atoms with Gasteiger partial charge in [0.05, 0.1) is 0 Å². The molecule has 0 aromatic rings. The Balaban J connectivity index is 1.88. The van der Waals surface area contributed by atoms with Crippen LogP contribution in [0.15, 0.2) is 5.10 Å². The molecule has 2 amide bonds. The van der Waals surface area contributed by atoms with Gasteiger partial charge in [0.1, 0.15) is 5.71 Å². The van der Waals surface area contributed by atoms with E-state index in [1.807, 2.05) is 4.90 Å². The van der Waals surface area contributed by atoms with Gasteiger partial charge in [0.25, 0.3) is 5.91 Å². The van der Waals surface area contributed by atoms with Crippen molar-refractivity contribution in [3.63, 3.8) is 0 Å². The van der Waals surface area contributed by atoms with Crippen LogP contribution in [0, 0.1) is 5.92 Å². The standard InChI is InChI=1S/C14H24N4O2/c1-10(2)15-8-11-4-3-7-18(9-11)14(20)12-5-6-13(19)17-16-12/h10-11,15H,3-9H2,1-2H3,(H,17,19). The summed E-state index contributed by atoms with van der Waals surface area (Å²) in [6.45, 7) is 6.79. The lowest BCUT2D eigenvalue weighted by Gasteiger charge is -2.33. The average molecular weight is 280 g/mol. The lowest BCUT2D eigenvalue weighted by Crippen LogP contribution is -2.47. The van der Waals surface area contributed by atoms with Gasteiger partial charge in [0, 0.05) is 32.0 Å². The number of nitrogens with one attached hydrogen (secondary N) is 2. The largest absolute Gasteiger partial charge is 0.337 e. The molecule has 2 aliphatic heterocycles. The predicted octanol–water partition coefficient (Wildman–Crippen LogP) is 0.489. The zero-order valence-corrected chi connectivity index (χ0v) is 12.3. The fraction of sp³-hybridized carbons (Fsp3) is 0.786. The second-order valence-corrected chi connectivity index (χ2v) is 5.92. The first-order valence-electron chi connectivity index (χ1n) is 7.44. The summed E-state index contributed by atoms with van der Waals surface area (Å²) < 4.78 is 0. The van der Waals surface area contributed by atoms with Crippen molar-refractivity contribution in [3.8, 4) is 0 Å². The van der Waals surface area contributed by atoms with Gasteiger partial charge in [-0.1, -0.05) is 13.8 Å². The Kier molecular flexibility index (Phi) is 5.11. The Hall–Kier alpha value is -1.43. The predicted molar refractivity (Wildman–Crippen MR) is 77.3 cm³/mol. The quantitative estimate of drug-likeness (QED) is 0.787. The third-order valence-electron chi connectivity index (χ3n) is 3.77. The molecule has 1 atom stereocenters. The fourth-order valence-corrected chi connectivity index (χ4v) is 2.63. The molecule has 2 heterocycles. The number of rotatable bonds is 4. The zero-order valence-electron chi connectivity index (χ0n) is 12.3.